The molecule has 7 heteroatoms. The van der Waals surface area contributed by atoms with E-state index in [4.69, 9.17) is 0 Å². The third-order valence-electron chi connectivity index (χ3n) is 5.51. The topological polar surface area (TPSA) is 81.5 Å². The zero-order chi connectivity index (χ0) is 18.8. The Balaban J connectivity index is 1.75. The van der Waals surface area contributed by atoms with E-state index >= 15 is 0 Å². The van der Waals surface area contributed by atoms with Gasteiger partial charge in [-0.1, -0.05) is 18.2 Å². The largest absolute Gasteiger partial charge is 0.338 e. The molecule has 0 bridgehead atoms. The molecule has 0 unspecified atom stereocenters. The van der Waals surface area contributed by atoms with Crippen LogP contribution in [0.4, 0.5) is 0 Å². The second kappa shape index (κ2) is 7.22. The molecule has 0 aliphatic carbocycles. The molecule has 2 saturated heterocycles. The fourth-order valence-electron chi connectivity index (χ4n) is 3.96. The van der Waals surface area contributed by atoms with Gasteiger partial charge in [0.25, 0.3) is 0 Å². The molecule has 0 aromatic heterocycles. The number of carbonyl (C=O) groups excluding carboxylic acids is 1. The zero-order valence-electron chi connectivity index (χ0n) is 14.7. The number of piperidine rings is 2. The molecule has 0 atom stereocenters. The fraction of sp³-hybridized carbons (Fsp3) is 0.474. The van der Waals surface area contributed by atoms with E-state index in [1.54, 1.807) is 18.2 Å². The summed E-state index contributed by atoms with van der Waals surface area (Å²) in [5.74, 6) is 0.147. The van der Waals surface area contributed by atoms with Gasteiger partial charge in [-0.3, -0.25) is 4.79 Å². The van der Waals surface area contributed by atoms with Crippen molar-refractivity contribution in [2.75, 3.05) is 26.2 Å². The predicted molar refractivity (Wildman–Crippen MR) is 97.6 cm³/mol. The van der Waals surface area contributed by atoms with E-state index in [2.05, 4.69) is 6.58 Å². The van der Waals surface area contributed by atoms with E-state index in [0.29, 0.717) is 32.6 Å². The van der Waals surface area contributed by atoms with E-state index < -0.39 is 10.0 Å². The van der Waals surface area contributed by atoms with Gasteiger partial charge >= 0.3 is 0 Å². The highest BCUT2D eigenvalue weighted by atomic mass is 32.2. The molecule has 2 aliphatic heterocycles. The molecule has 2 aliphatic rings. The average molecular weight is 373 g/mol. The van der Waals surface area contributed by atoms with Crippen molar-refractivity contribution < 1.29 is 13.2 Å². The van der Waals surface area contributed by atoms with Crippen LogP contribution in [0.1, 0.15) is 31.2 Å². The van der Waals surface area contributed by atoms with Crippen molar-refractivity contribution >= 4 is 15.9 Å². The Kier molecular flexibility index (Phi) is 5.17. The molecule has 6 nitrogen and oxygen atoms in total. The van der Waals surface area contributed by atoms with Crippen LogP contribution in [-0.2, 0) is 14.8 Å². The summed E-state index contributed by atoms with van der Waals surface area (Å²) in [6, 6.07) is 8.28. The first-order chi connectivity index (χ1) is 12.4. The summed E-state index contributed by atoms with van der Waals surface area (Å²) in [7, 11) is -3.68. The maximum Gasteiger partial charge on any atom is 0.244 e. The molecule has 26 heavy (non-hydrogen) atoms. The number of rotatable bonds is 4. The lowest BCUT2D eigenvalue weighted by atomic mass is 9.73. The minimum Gasteiger partial charge on any atom is -0.338 e. The molecule has 1 amide bonds. The first-order valence-corrected chi connectivity index (χ1v) is 10.2. The third-order valence-corrected chi connectivity index (χ3v) is 7.46. The van der Waals surface area contributed by atoms with Crippen LogP contribution in [-0.4, -0.2) is 49.7 Å². The van der Waals surface area contributed by atoms with Crippen LogP contribution in [0.3, 0.4) is 0 Å². The lowest BCUT2D eigenvalue weighted by molar-refractivity contribution is -0.138. The van der Waals surface area contributed by atoms with Gasteiger partial charge in [0.05, 0.1) is 10.5 Å². The molecule has 1 spiro atoms. The van der Waals surface area contributed by atoms with Crippen LogP contribution in [0.15, 0.2) is 41.8 Å². The SMILES string of the molecule is C=CCN1CC2(CCC1=O)CCN(S(=O)(=O)c1ccccc1C#N)CC2. The maximum atomic E-state index is 13.0. The Labute approximate surface area is 154 Å². The molecule has 2 heterocycles. The summed E-state index contributed by atoms with van der Waals surface area (Å²) in [6.45, 7) is 5.75. The first kappa shape index (κ1) is 18.6. The van der Waals surface area contributed by atoms with Gasteiger partial charge in [-0.2, -0.15) is 9.57 Å². The van der Waals surface area contributed by atoms with E-state index in [-0.39, 0.29) is 21.8 Å². The van der Waals surface area contributed by atoms with E-state index in [9.17, 15) is 18.5 Å². The zero-order valence-corrected chi connectivity index (χ0v) is 15.5. The first-order valence-electron chi connectivity index (χ1n) is 8.80. The minimum atomic E-state index is -3.68. The number of sulfonamides is 1. The van der Waals surface area contributed by atoms with Crippen molar-refractivity contribution in [2.24, 2.45) is 5.41 Å². The standard InChI is InChI=1S/C19H23N3O3S/c1-2-11-21-15-19(8-7-18(21)23)9-12-22(13-10-19)26(24,25)17-6-4-3-5-16(17)14-20/h2-6H,1,7-13,15H2. The Morgan fingerprint density at radius 1 is 1.23 bits per heavy atom. The van der Waals surface area contributed by atoms with Gasteiger partial charge < -0.3 is 4.90 Å². The van der Waals surface area contributed by atoms with Gasteiger partial charge in [0.1, 0.15) is 6.07 Å². The molecule has 1 aromatic carbocycles. The Morgan fingerprint density at radius 2 is 1.92 bits per heavy atom. The Bertz CT molecular complexity index is 849. The lowest BCUT2D eigenvalue weighted by Gasteiger charge is -2.47. The van der Waals surface area contributed by atoms with Gasteiger partial charge in [-0.15, -0.1) is 6.58 Å². The second-order valence-electron chi connectivity index (χ2n) is 7.07. The number of hydrogen-bond acceptors (Lipinski definition) is 4. The van der Waals surface area contributed by atoms with Crippen LogP contribution < -0.4 is 0 Å². The third kappa shape index (κ3) is 3.39. The summed E-state index contributed by atoms with van der Waals surface area (Å²) >= 11 is 0. The number of amides is 1. The van der Waals surface area contributed by atoms with Crippen LogP contribution in [0.2, 0.25) is 0 Å². The Hall–Kier alpha value is -2.17. The van der Waals surface area contributed by atoms with Crippen molar-refractivity contribution in [1.29, 1.82) is 5.26 Å². The van der Waals surface area contributed by atoms with Gasteiger partial charge in [-0.25, -0.2) is 8.42 Å². The van der Waals surface area contributed by atoms with Crippen molar-refractivity contribution in [1.82, 2.24) is 9.21 Å². The smallest absolute Gasteiger partial charge is 0.244 e. The normalized spacial score (nSPS) is 20.7. The monoisotopic (exact) mass is 373 g/mol. The lowest BCUT2D eigenvalue weighted by Crippen LogP contribution is -2.52. The highest BCUT2D eigenvalue weighted by molar-refractivity contribution is 7.89. The quantitative estimate of drug-likeness (QED) is 0.757. The minimum absolute atomic E-state index is 0.0162. The van der Waals surface area contributed by atoms with Gasteiger partial charge in [0.15, 0.2) is 0 Å². The number of benzene rings is 1. The Morgan fingerprint density at radius 3 is 2.58 bits per heavy atom. The van der Waals surface area contributed by atoms with Gasteiger partial charge in [0.2, 0.25) is 15.9 Å². The van der Waals surface area contributed by atoms with Crippen LogP contribution in [0, 0.1) is 16.7 Å². The molecular formula is C19H23N3O3S. The summed E-state index contributed by atoms with van der Waals surface area (Å²) in [5.41, 5.74) is 0.158. The van der Waals surface area contributed by atoms with Crippen LogP contribution in [0.5, 0.6) is 0 Å². The predicted octanol–water partition coefficient (Wildman–Crippen LogP) is 2.14. The number of likely N-dealkylation sites (tertiary alicyclic amines) is 1. The summed E-state index contributed by atoms with van der Waals surface area (Å²) in [4.78, 5) is 13.9. The van der Waals surface area contributed by atoms with Crippen LogP contribution >= 0.6 is 0 Å². The van der Waals surface area contributed by atoms with Gasteiger partial charge in [0, 0.05) is 32.6 Å². The van der Waals surface area contributed by atoms with Crippen LogP contribution in [0.25, 0.3) is 0 Å². The van der Waals surface area contributed by atoms with E-state index in [1.807, 2.05) is 11.0 Å². The van der Waals surface area contributed by atoms with Gasteiger partial charge in [-0.05, 0) is 36.8 Å². The fourth-order valence-corrected chi connectivity index (χ4v) is 5.54. The summed E-state index contributed by atoms with van der Waals surface area (Å²) in [6.07, 6.45) is 4.50. The van der Waals surface area contributed by atoms with Crippen molar-refractivity contribution in [3.63, 3.8) is 0 Å². The summed E-state index contributed by atoms with van der Waals surface area (Å²) < 4.78 is 27.4. The molecule has 0 radical (unpaired) electrons. The maximum absolute atomic E-state index is 13.0. The number of nitriles is 1. The van der Waals surface area contributed by atoms with E-state index in [1.165, 1.54) is 16.4 Å². The highest BCUT2D eigenvalue weighted by Crippen LogP contribution is 2.41. The second-order valence-corrected chi connectivity index (χ2v) is 8.98. The van der Waals surface area contributed by atoms with E-state index in [0.717, 1.165) is 19.3 Å². The highest BCUT2D eigenvalue weighted by Gasteiger charge is 2.43. The number of carbonyl (C=O) groups is 1. The molecule has 1 aromatic rings. The van der Waals surface area contributed by atoms with Crippen molar-refractivity contribution in [3.8, 4) is 6.07 Å². The number of nitrogens with zero attached hydrogens (tertiary/aromatic N) is 3. The van der Waals surface area contributed by atoms with Crippen molar-refractivity contribution in [2.45, 2.75) is 30.6 Å². The molecule has 0 N–H and O–H groups in total. The molecule has 0 saturated carbocycles. The van der Waals surface area contributed by atoms with Crippen molar-refractivity contribution in [3.05, 3.63) is 42.5 Å². The summed E-state index contributed by atoms with van der Waals surface area (Å²) in [5, 5.41) is 9.20. The average Bonchev–Trinajstić information content (AvgIpc) is 2.65. The molecule has 2 fully saturated rings. The number of hydrogen-bond donors (Lipinski definition) is 0. The molecule has 3 rings (SSSR count). The molecular weight excluding hydrogens is 350 g/mol. The molecule has 138 valence electrons.